The highest BCUT2D eigenvalue weighted by Gasteiger charge is 1.88. The molecule has 58 valence electrons. The SMILES string of the molecule is CO[SH]=O.C[N+](C)(C)C. The normalized spacial score (nSPS) is 9.89. The smallest absolute Gasteiger partial charge is 0.141 e. The maximum atomic E-state index is 9.05. The summed E-state index contributed by atoms with van der Waals surface area (Å²) >= 11 is -0.252. The molecule has 0 rings (SSSR count). The monoisotopic (exact) mass is 154 g/mol. The molecule has 0 aromatic carbocycles. The van der Waals surface area contributed by atoms with E-state index in [1.165, 1.54) is 7.11 Å². The Bertz CT molecular complexity index is 63.8. The number of quaternary nitrogens is 1. The summed E-state index contributed by atoms with van der Waals surface area (Å²) in [5.41, 5.74) is 0. The van der Waals surface area contributed by atoms with E-state index in [-0.39, 0.29) is 11.9 Å². The number of thiol groups is 1. The summed E-state index contributed by atoms with van der Waals surface area (Å²) in [4.78, 5) is 0. The van der Waals surface area contributed by atoms with Crippen molar-refractivity contribution in [2.45, 2.75) is 0 Å². The second-order valence-electron chi connectivity index (χ2n) is 2.94. The van der Waals surface area contributed by atoms with Gasteiger partial charge in [0.1, 0.15) is 11.9 Å². The van der Waals surface area contributed by atoms with Crippen LogP contribution < -0.4 is 0 Å². The van der Waals surface area contributed by atoms with Crippen molar-refractivity contribution in [2.75, 3.05) is 35.3 Å². The number of rotatable bonds is 1. The topological polar surface area (TPSA) is 26.3 Å². The van der Waals surface area contributed by atoms with Crippen molar-refractivity contribution in [1.29, 1.82) is 0 Å². The molecule has 0 saturated heterocycles. The Morgan fingerprint density at radius 3 is 1.33 bits per heavy atom. The fourth-order valence-corrected chi connectivity index (χ4v) is 0. The van der Waals surface area contributed by atoms with Crippen molar-refractivity contribution in [1.82, 2.24) is 0 Å². The summed E-state index contributed by atoms with van der Waals surface area (Å²) < 4.78 is 14.0. The van der Waals surface area contributed by atoms with Gasteiger partial charge in [0.05, 0.1) is 35.3 Å². The minimum Gasteiger partial charge on any atom is -0.333 e. The van der Waals surface area contributed by atoms with Crippen LogP contribution in [0.2, 0.25) is 0 Å². The molecule has 0 aliphatic carbocycles. The van der Waals surface area contributed by atoms with E-state index in [4.69, 9.17) is 4.21 Å². The third kappa shape index (κ3) is 260. The molecule has 0 radical (unpaired) electrons. The summed E-state index contributed by atoms with van der Waals surface area (Å²) in [5.74, 6) is 0. The third-order valence-corrected chi connectivity index (χ3v) is 0.224. The van der Waals surface area contributed by atoms with Crippen LogP contribution in [0.5, 0.6) is 0 Å². The summed E-state index contributed by atoms with van der Waals surface area (Å²) in [5, 5.41) is 0. The van der Waals surface area contributed by atoms with Gasteiger partial charge in [0.25, 0.3) is 0 Å². The minimum absolute atomic E-state index is 0.252. The van der Waals surface area contributed by atoms with Crippen LogP contribution in [-0.2, 0) is 16.1 Å². The largest absolute Gasteiger partial charge is 0.333 e. The van der Waals surface area contributed by atoms with Crippen LogP contribution in [0, 0.1) is 0 Å². The Morgan fingerprint density at radius 1 is 1.22 bits per heavy atom. The maximum Gasteiger partial charge on any atom is 0.141 e. The predicted octanol–water partition coefficient (Wildman–Crippen LogP) is -0.185. The number of hydrogen-bond acceptors (Lipinski definition) is 2. The lowest BCUT2D eigenvalue weighted by molar-refractivity contribution is -0.849. The van der Waals surface area contributed by atoms with Crippen LogP contribution in [0.3, 0.4) is 0 Å². The molecule has 0 aromatic rings. The Hall–Kier alpha value is 0.0700. The quantitative estimate of drug-likeness (QED) is 0.419. The zero-order chi connectivity index (χ0) is 7.91. The molecule has 4 heteroatoms. The van der Waals surface area contributed by atoms with Gasteiger partial charge in [-0.3, -0.25) is 4.18 Å². The molecule has 0 unspecified atom stereocenters. The first-order chi connectivity index (χ1) is 3.91. The highest BCUT2D eigenvalue weighted by Crippen LogP contribution is 1.73. The molecule has 0 amide bonds. The summed E-state index contributed by atoms with van der Waals surface area (Å²) in [6.07, 6.45) is 0. The van der Waals surface area contributed by atoms with Gasteiger partial charge < -0.3 is 4.48 Å². The molecule has 3 nitrogen and oxygen atoms in total. The van der Waals surface area contributed by atoms with Crippen LogP contribution in [0.4, 0.5) is 0 Å². The molecule has 0 aliphatic rings. The molecule has 0 fully saturated rings. The molecule has 0 aliphatic heterocycles. The lowest BCUT2D eigenvalue weighted by Gasteiger charge is -2.14. The van der Waals surface area contributed by atoms with E-state index in [0.29, 0.717) is 0 Å². The first kappa shape index (κ1) is 11.8. The molecule has 0 saturated carbocycles. The Labute approximate surface area is 60.9 Å². The first-order valence-corrected chi connectivity index (χ1v) is 3.29. The van der Waals surface area contributed by atoms with E-state index in [1.807, 2.05) is 0 Å². The van der Waals surface area contributed by atoms with E-state index in [9.17, 15) is 0 Å². The van der Waals surface area contributed by atoms with Gasteiger partial charge >= 0.3 is 0 Å². The molecular formula is C5H16NO2S+. The van der Waals surface area contributed by atoms with Gasteiger partial charge in [-0.15, -0.1) is 0 Å². The second-order valence-corrected chi connectivity index (χ2v) is 3.45. The fourth-order valence-electron chi connectivity index (χ4n) is 0. The van der Waals surface area contributed by atoms with Crippen molar-refractivity contribution in [3.63, 3.8) is 0 Å². The third-order valence-electron chi connectivity index (χ3n) is 0.0745. The fraction of sp³-hybridized carbons (Fsp3) is 1.00. The maximum absolute atomic E-state index is 9.05. The second kappa shape index (κ2) is 6.19. The molecule has 9 heavy (non-hydrogen) atoms. The van der Waals surface area contributed by atoms with Gasteiger partial charge in [-0.2, -0.15) is 0 Å². The summed E-state index contributed by atoms with van der Waals surface area (Å²) in [7, 11) is 9.86. The molecule has 0 N–H and O–H groups in total. The molecule has 0 heterocycles. The van der Waals surface area contributed by atoms with Crippen molar-refractivity contribution in [3.05, 3.63) is 0 Å². The van der Waals surface area contributed by atoms with Crippen molar-refractivity contribution in [3.8, 4) is 0 Å². The molecule has 0 aromatic heterocycles. The minimum atomic E-state index is -0.252. The van der Waals surface area contributed by atoms with Gasteiger partial charge in [0.2, 0.25) is 0 Å². The number of hydrogen-bond donors (Lipinski definition) is 1. The van der Waals surface area contributed by atoms with Crippen LogP contribution in [0.1, 0.15) is 0 Å². The average Bonchev–Trinajstić information content (AvgIpc) is 1.61. The molecule has 0 bridgehead atoms. The Morgan fingerprint density at radius 2 is 1.33 bits per heavy atom. The van der Waals surface area contributed by atoms with Crippen LogP contribution >= 0.6 is 0 Å². The van der Waals surface area contributed by atoms with Gasteiger partial charge in [0, 0.05) is 0 Å². The Balaban J connectivity index is 0. The van der Waals surface area contributed by atoms with E-state index in [2.05, 4.69) is 32.4 Å². The lowest BCUT2D eigenvalue weighted by atomic mass is 10.8. The van der Waals surface area contributed by atoms with E-state index in [0.717, 1.165) is 4.48 Å². The number of nitrogens with zero attached hydrogens (tertiary/aromatic N) is 1. The van der Waals surface area contributed by atoms with Crippen LogP contribution in [0.25, 0.3) is 0 Å². The standard InChI is InChI=1S/C4H12N.CH4O2S/c1-5(2,3)4;1-3-4-2/h1-4H3;4H,1H3/q+1;. The first-order valence-electron chi connectivity index (χ1n) is 2.56. The zero-order valence-corrected chi connectivity index (χ0v) is 7.61. The predicted molar refractivity (Wildman–Crippen MR) is 40.5 cm³/mol. The molecule has 0 atom stereocenters. The van der Waals surface area contributed by atoms with Gasteiger partial charge in [-0.25, -0.2) is 4.21 Å². The van der Waals surface area contributed by atoms with Gasteiger partial charge in [-0.1, -0.05) is 0 Å². The summed E-state index contributed by atoms with van der Waals surface area (Å²) in [6, 6.07) is 0. The van der Waals surface area contributed by atoms with E-state index < -0.39 is 0 Å². The highest BCUT2D eigenvalue weighted by atomic mass is 32.2. The van der Waals surface area contributed by atoms with E-state index in [1.54, 1.807) is 0 Å². The Kier molecular flexibility index (Phi) is 8.13. The van der Waals surface area contributed by atoms with Crippen LogP contribution in [0.15, 0.2) is 0 Å². The van der Waals surface area contributed by atoms with Crippen molar-refractivity contribution < 1.29 is 12.9 Å². The summed E-state index contributed by atoms with van der Waals surface area (Å²) in [6.45, 7) is 0. The molecule has 0 spiro atoms. The van der Waals surface area contributed by atoms with Gasteiger partial charge in [-0.05, 0) is 0 Å². The molecular weight excluding hydrogens is 138 g/mol. The zero-order valence-electron chi connectivity index (χ0n) is 6.71. The van der Waals surface area contributed by atoms with Crippen molar-refractivity contribution >= 4 is 11.9 Å². The average molecular weight is 154 g/mol. The van der Waals surface area contributed by atoms with Crippen molar-refractivity contribution in [2.24, 2.45) is 0 Å². The highest BCUT2D eigenvalue weighted by molar-refractivity contribution is 7.60. The van der Waals surface area contributed by atoms with Crippen LogP contribution in [-0.4, -0.2) is 44.0 Å². The van der Waals surface area contributed by atoms with Gasteiger partial charge in [0.15, 0.2) is 0 Å². The van der Waals surface area contributed by atoms with E-state index >= 15 is 0 Å². The lowest BCUT2D eigenvalue weighted by Crippen LogP contribution is -2.27.